The summed E-state index contributed by atoms with van der Waals surface area (Å²) in [5.41, 5.74) is 1.04. The zero-order chi connectivity index (χ0) is 12.0. The van der Waals surface area contributed by atoms with Crippen molar-refractivity contribution in [3.63, 3.8) is 0 Å². The molecular formula is C13H17NO2. The van der Waals surface area contributed by atoms with Crippen molar-refractivity contribution in [3.8, 4) is 23.8 Å². The lowest BCUT2D eigenvalue weighted by atomic mass is 10.1. The Hall–Kier alpha value is -1.66. The molecule has 0 saturated heterocycles. The van der Waals surface area contributed by atoms with Crippen LogP contribution in [0.4, 0.5) is 0 Å². The van der Waals surface area contributed by atoms with Gasteiger partial charge in [-0.25, -0.2) is 0 Å². The standard InChI is InChI=1S/C13H17NO2/c1-5-8-14-10(2)12-9-11(15-3)6-7-13(12)16-4/h1,6-7,9-10,14H,8H2,2-4H3. The van der Waals surface area contributed by atoms with E-state index in [-0.39, 0.29) is 6.04 Å². The van der Waals surface area contributed by atoms with E-state index >= 15 is 0 Å². The lowest BCUT2D eigenvalue weighted by molar-refractivity contribution is 0.393. The Labute approximate surface area is 96.8 Å². The third-order valence-corrected chi connectivity index (χ3v) is 2.41. The molecule has 16 heavy (non-hydrogen) atoms. The molecule has 1 N–H and O–H groups in total. The summed E-state index contributed by atoms with van der Waals surface area (Å²) in [6.45, 7) is 2.57. The molecule has 3 heteroatoms. The number of hydrogen-bond acceptors (Lipinski definition) is 3. The van der Waals surface area contributed by atoms with E-state index in [9.17, 15) is 0 Å². The van der Waals surface area contributed by atoms with Crippen LogP contribution in [0.5, 0.6) is 11.5 Å². The Morgan fingerprint density at radius 1 is 1.38 bits per heavy atom. The Bertz CT molecular complexity index is 382. The predicted molar refractivity (Wildman–Crippen MR) is 64.8 cm³/mol. The molecule has 3 nitrogen and oxygen atoms in total. The topological polar surface area (TPSA) is 30.5 Å². The summed E-state index contributed by atoms with van der Waals surface area (Å²) in [5, 5.41) is 3.20. The van der Waals surface area contributed by atoms with Gasteiger partial charge in [0, 0.05) is 11.6 Å². The second kappa shape index (κ2) is 6.04. The van der Waals surface area contributed by atoms with E-state index in [1.54, 1.807) is 14.2 Å². The molecule has 1 atom stereocenters. The maximum absolute atomic E-state index is 5.30. The smallest absolute Gasteiger partial charge is 0.123 e. The van der Waals surface area contributed by atoms with Crippen molar-refractivity contribution >= 4 is 0 Å². The maximum atomic E-state index is 5.30. The molecule has 0 spiro atoms. The van der Waals surface area contributed by atoms with E-state index in [0.29, 0.717) is 6.54 Å². The highest BCUT2D eigenvalue weighted by Gasteiger charge is 2.11. The van der Waals surface area contributed by atoms with Gasteiger partial charge in [-0.15, -0.1) is 6.42 Å². The Kier molecular flexibility index (Phi) is 4.68. The van der Waals surface area contributed by atoms with Crippen LogP contribution in [0.2, 0.25) is 0 Å². The van der Waals surface area contributed by atoms with E-state index in [4.69, 9.17) is 15.9 Å². The summed E-state index contributed by atoms with van der Waals surface area (Å²) in [6.07, 6.45) is 5.21. The lowest BCUT2D eigenvalue weighted by Crippen LogP contribution is -2.19. The van der Waals surface area contributed by atoms with Gasteiger partial charge < -0.3 is 9.47 Å². The highest BCUT2D eigenvalue weighted by Crippen LogP contribution is 2.28. The molecule has 0 radical (unpaired) electrons. The fourth-order valence-corrected chi connectivity index (χ4v) is 1.50. The lowest BCUT2D eigenvalue weighted by Gasteiger charge is -2.17. The van der Waals surface area contributed by atoms with E-state index in [1.807, 2.05) is 25.1 Å². The van der Waals surface area contributed by atoms with Crippen LogP contribution in [0.1, 0.15) is 18.5 Å². The van der Waals surface area contributed by atoms with Gasteiger partial charge in [0.15, 0.2) is 0 Å². The summed E-state index contributed by atoms with van der Waals surface area (Å²) in [6, 6.07) is 5.84. The van der Waals surface area contributed by atoms with Crippen molar-refractivity contribution in [1.29, 1.82) is 0 Å². The maximum Gasteiger partial charge on any atom is 0.123 e. The SMILES string of the molecule is C#CCNC(C)c1cc(OC)ccc1OC. The van der Waals surface area contributed by atoms with Crippen molar-refractivity contribution in [2.24, 2.45) is 0 Å². The highest BCUT2D eigenvalue weighted by molar-refractivity contribution is 5.42. The third-order valence-electron chi connectivity index (χ3n) is 2.41. The van der Waals surface area contributed by atoms with E-state index < -0.39 is 0 Å². The zero-order valence-corrected chi connectivity index (χ0v) is 9.91. The zero-order valence-electron chi connectivity index (χ0n) is 9.91. The van der Waals surface area contributed by atoms with Crippen LogP contribution in [0.25, 0.3) is 0 Å². The molecule has 0 aliphatic rings. The number of benzene rings is 1. The number of nitrogens with one attached hydrogen (secondary N) is 1. The van der Waals surface area contributed by atoms with E-state index in [1.165, 1.54) is 0 Å². The fraction of sp³-hybridized carbons (Fsp3) is 0.385. The minimum Gasteiger partial charge on any atom is -0.497 e. The molecule has 0 amide bonds. The first-order valence-electron chi connectivity index (χ1n) is 5.11. The molecule has 86 valence electrons. The van der Waals surface area contributed by atoms with Crippen LogP contribution in [-0.2, 0) is 0 Å². The minimum absolute atomic E-state index is 0.126. The van der Waals surface area contributed by atoms with Crippen LogP contribution in [-0.4, -0.2) is 20.8 Å². The molecule has 0 aliphatic heterocycles. The van der Waals surface area contributed by atoms with Gasteiger partial charge in [-0.3, -0.25) is 5.32 Å². The van der Waals surface area contributed by atoms with Gasteiger partial charge in [0.2, 0.25) is 0 Å². The number of terminal acetylenes is 1. The predicted octanol–water partition coefficient (Wildman–Crippen LogP) is 1.99. The highest BCUT2D eigenvalue weighted by atomic mass is 16.5. The fourth-order valence-electron chi connectivity index (χ4n) is 1.50. The normalized spacial score (nSPS) is 11.6. The van der Waals surface area contributed by atoms with Gasteiger partial charge in [-0.1, -0.05) is 5.92 Å². The summed E-state index contributed by atoms with van der Waals surface area (Å²) in [4.78, 5) is 0. The number of rotatable bonds is 5. The number of hydrogen-bond donors (Lipinski definition) is 1. The molecule has 1 rings (SSSR count). The summed E-state index contributed by atoms with van der Waals surface area (Å²) >= 11 is 0. The Morgan fingerprint density at radius 3 is 2.69 bits per heavy atom. The van der Waals surface area contributed by atoms with E-state index in [0.717, 1.165) is 17.1 Å². The van der Waals surface area contributed by atoms with Crippen molar-refractivity contribution in [1.82, 2.24) is 5.32 Å². The summed E-state index contributed by atoms with van der Waals surface area (Å²) in [5.74, 6) is 4.19. The first-order chi connectivity index (χ1) is 7.72. The Morgan fingerprint density at radius 2 is 2.12 bits per heavy atom. The molecule has 0 aliphatic carbocycles. The molecule has 1 unspecified atom stereocenters. The Balaban J connectivity index is 2.94. The van der Waals surface area contributed by atoms with Crippen LogP contribution in [0.15, 0.2) is 18.2 Å². The van der Waals surface area contributed by atoms with Gasteiger partial charge in [-0.2, -0.15) is 0 Å². The largest absolute Gasteiger partial charge is 0.497 e. The van der Waals surface area contributed by atoms with Crippen LogP contribution >= 0.6 is 0 Å². The number of methoxy groups -OCH3 is 2. The van der Waals surface area contributed by atoms with Crippen molar-refractivity contribution in [3.05, 3.63) is 23.8 Å². The van der Waals surface area contributed by atoms with Crippen molar-refractivity contribution in [2.45, 2.75) is 13.0 Å². The first-order valence-corrected chi connectivity index (χ1v) is 5.11. The summed E-state index contributed by atoms with van der Waals surface area (Å²) in [7, 11) is 3.30. The average molecular weight is 219 g/mol. The van der Waals surface area contributed by atoms with Crippen LogP contribution in [0.3, 0.4) is 0 Å². The molecule has 1 aromatic carbocycles. The second-order valence-corrected chi connectivity index (χ2v) is 3.41. The van der Waals surface area contributed by atoms with E-state index in [2.05, 4.69) is 11.2 Å². The molecular weight excluding hydrogens is 202 g/mol. The second-order valence-electron chi connectivity index (χ2n) is 3.41. The van der Waals surface area contributed by atoms with Gasteiger partial charge in [0.05, 0.1) is 20.8 Å². The van der Waals surface area contributed by atoms with Gasteiger partial charge in [0.1, 0.15) is 11.5 Å². The van der Waals surface area contributed by atoms with Crippen molar-refractivity contribution in [2.75, 3.05) is 20.8 Å². The minimum atomic E-state index is 0.126. The van der Waals surface area contributed by atoms with Crippen molar-refractivity contribution < 1.29 is 9.47 Å². The first kappa shape index (κ1) is 12.4. The average Bonchev–Trinajstić information content (AvgIpc) is 2.35. The van der Waals surface area contributed by atoms with Crippen LogP contribution < -0.4 is 14.8 Å². The molecule has 1 aromatic rings. The number of ether oxygens (including phenoxy) is 2. The molecule has 0 saturated carbocycles. The summed E-state index contributed by atoms with van der Waals surface area (Å²) < 4.78 is 10.5. The van der Waals surface area contributed by atoms with Gasteiger partial charge >= 0.3 is 0 Å². The molecule has 0 fully saturated rings. The monoisotopic (exact) mass is 219 g/mol. The molecule has 0 aromatic heterocycles. The molecule has 0 bridgehead atoms. The molecule has 0 heterocycles. The van der Waals surface area contributed by atoms with Gasteiger partial charge in [0.25, 0.3) is 0 Å². The third kappa shape index (κ3) is 2.91. The van der Waals surface area contributed by atoms with Gasteiger partial charge in [-0.05, 0) is 25.1 Å². The quantitative estimate of drug-likeness (QED) is 0.768. The van der Waals surface area contributed by atoms with Crippen LogP contribution in [0, 0.1) is 12.3 Å².